The van der Waals surface area contributed by atoms with Crippen molar-refractivity contribution in [2.75, 3.05) is 6.61 Å². The SMILES string of the molecule is CCCc1cc(=O)oc2cc(OCC(=O)NC(C(=O)O)c3ccccc3)ccc12. The topological polar surface area (TPSA) is 106 Å². The molecule has 0 radical (unpaired) electrons. The first-order valence-corrected chi connectivity index (χ1v) is 9.24. The van der Waals surface area contributed by atoms with E-state index in [1.54, 1.807) is 48.5 Å². The molecule has 0 aliphatic carbocycles. The molecule has 1 unspecified atom stereocenters. The summed E-state index contributed by atoms with van der Waals surface area (Å²) in [6, 6.07) is 13.7. The van der Waals surface area contributed by atoms with Gasteiger partial charge in [0.05, 0.1) is 0 Å². The van der Waals surface area contributed by atoms with E-state index >= 15 is 0 Å². The molecule has 0 aliphatic rings. The van der Waals surface area contributed by atoms with E-state index in [2.05, 4.69) is 5.32 Å². The fourth-order valence-corrected chi connectivity index (χ4v) is 3.06. The summed E-state index contributed by atoms with van der Waals surface area (Å²) < 4.78 is 10.7. The lowest BCUT2D eigenvalue weighted by Crippen LogP contribution is -2.36. The average molecular weight is 395 g/mol. The van der Waals surface area contributed by atoms with Gasteiger partial charge in [-0.3, -0.25) is 4.79 Å². The molecule has 0 fully saturated rings. The predicted molar refractivity (Wildman–Crippen MR) is 107 cm³/mol. The van der Waals surface area contributed by atoms with Gasteiger partial charge in [-0.15, -0.1) is 0 Å². The van der Waals surface area contributed by atoms with Crippen LogP contribution in [0.1, 0.15) is 30.5 Å². The number of amides is 1. The number of ether oxygens (including phenoxy) is 1. The van der Waals surface area contributed by atoms with Crippen LogP contribution in [0, 0.1) is 0 Å². The molecule has 150 valence electrons. The molecule has 29 heavy (non-hydrogen) atoms. The molecule has 2 aromatic carbocycles. The summed E-state index contributed by atoms with van der Waals surface area (Å²) in [5, 5.41) is 12.6. The number of aryl methyl sites for hydroxylation is 1. The molecule has 7 nitrogen and oxygen atoms in total. The van der Waals surface area contributed by atoms with Crippen molar-refractivity contribution in [2.45, 2.75) is 25.8 Å². The van der Waals surface area contributed by atoms with E-state index in [1.807, 2.05) is 6.92 Å². The molecule has 0 bridgehead atoms. The zero-order valence-corrected chi connectivity index (χ0v) is 15.9. The molecule has 1 heterocycles. The Labute approximate surface area is 166 Å². The first kappa shape index (κ1) is 20.1. The van der Waals surface area contributed by atoms with Crippen LogP contribution in [-0.2, 0) is 16.0 Å². The molecular weight excluding hydrogens is 374 g/mol. The Morgan fingerprint density at radius 1 is 1.14 bits per heavy atom. The van der Waals surface area contributed by atoms with Gasteiger partial charge in [-0.25, -0.2) is 9.59 Å². The van der Waals surface area contributed by atoms with E-state index < -0.39 is 23.5 Å². The molecule has 3 aromatic rings. The van der Waals surface area contributed by atoms with E-state index in [9.17, 15) is 19.5 Å². The Balaban J connectivity index is 1.70. The van der Waals surface area contributed by atoms with Gasteiger partial charge in [-0.05, 0) is 29.7 Å². The summed E-state index contributed by atoms with van der Waals surface area (Å²) in [7, 11) is 0. The maximum Gasteiger partial charge on any atom is 0.336 e. The monoisotopic (exact) mass is 395 g/mol. The number of aliphatic carboxylic acids is 1. The number of carbonyl (C=O) groups is 2. The Bertz CT molecular complexity index is 1070. The fourth-order valence-electron chi connectivity index (χ4n) is 3.06. The number of carboxylic acids is 1. The van der Waals surface area contributed by atoms with Gasteiger partial charge in [-0.2, -0.15) is 0 Å². The van der Waals surface area contributed by atoms with Crippen LogP contribution in [0.2, 0.25) is 0 Å². The maximum absolute atomic E-state index is 12.2. The highest BCUT2D eigenvalue weighted by Gasteiger charge is 2.22. The van der Waals surface area contributed by atoms with Crippen molar-refractivity contribution in [3.63, 3.8) is 0 Å². The summed E-state index contributed by atoms with van der Waals surface area (Å²) in [5.41, 5.74) is 1.30. The maximum atomic E-state index is 12.2. The lowest BCUT2D eigenvalue weighted by atomic mass is 10.1. The number of benzene rings is 2. The molecule has 0 saturated carbocycles. The highest BCUT2D eigenvalue weighted by molar-refractivity contribution is 5.85. The average Bonchev–Trinajstić information content (AvgIpc) is 2.70. The minimum Gasteiger partial charge on any atom is -0.484 e. The number of carbonyl (C=O) groups excluding carboxylic acids is 1. The van der Waals surface area contributed by atoms with Crippen molar-refractivity contribution in [1.82, 2.24) is 5.32 Å². The van der Waals surface area contributed by atoms with Crippen LogP contribution in [0.3, 0.4) is 0 Å². The lowest BCUT2D eigenvalue weighted by Gasteiger charge is -2.15. The normalized spacial score (nSPS) is 11.8. The Morgan fingerprint density at radius 3 is 2.59 bits per heavy atom. The van der Waals surface area contributed by atoms with Crippen molar-refractivity contribution >= 4 is 22.8 Å². The standard InChI is InChI=1S/C22H21NO6/c1-2-6-15-11-20(25)29-18-12-16(9-10-17(15)18)28-13-19(24)23-21(22(26)27)14-7-4-3-5-8-14/h3-5,7-12,21H,2,6,13H2,1H3,(H,23,24)(H,26,27). The first-order valence-electron chi connectivity index (χ1n) is 9.24. The molecule has 7 heteroatoms. The summed E-state index contributed by atoms with van der Waals surface area (Å²) >= 11 is 0. The molecule has 0 saturated heterocycles. The van der Waals surface area contributed by atoms with Gasteiger partial charge in [0.2, 0.25) is 0 Å². The third kappa shape index (κ3) is 5.01. The molecule has 1 aromatic heterocycles. The van der Waals surface area contributed by atoms with E-state index in [0.717, 1.165) is 23.8 Å². The molecule has 0 spiro atoms. The van der Waals surface area contributed by atoms with E-state index in [-0.39, 0.29) is 6.61 Å². The smallest absolute Gasteiger partial charge is 0.336 e. The largest absolute Gasteiger partial charge is 0.484 e. The van der Waals surface area contributed by atoms with Crippen molar-refractivity contribution in [2.24, 2.45) is 0 Å². The Morgan fingerprint density at radius 2 is 1.90 bits per heavy atom. The molecular formula is C22H21NO6. The van der Waals surface area contributed by atoms with Crippen molar-refractivity contribution in [1.29, 1.82) is 0 Å². The fraction of sp³-hybridized carbons (Fsp3) is 0.227. The van der Waals surface area contributed by atoms with Crippen molar-refractivity contribution in [3.05, 3.63) is 76.1 Å². The number of hydrogen-bond acceptors (Lipinski definition) is 5. The number of carboxylic acid groups (broad SMARTS) is 1. The van der Waals surface area contributed by atoms with Crippen LogP contribution in [0.4, 0.5) is 0 Å². The minimum absolute atomic E-state index is 0.344. The van der Waals surface area contributed by atoms with Gasteiger partial charge < -0.3 is 19.6 Å². The van der Waals surface area contributed by atoms with Crippen LogP contribution in [0.25, 0.3) is 11.0 Å². The van der Waals surface area contributed by atoms with Crippen LogP contribution in [0.15, 0.2) is 63.8 Å². The summed E-state index contributed by atoms with van der Waals surface area (Å²) in [6.07, 6.45) is 1.64. The van der Waals surface area contributed by atoms with Crippen LogP contribution >= 0.6 is 0 Å². The van der Waals surface area contributed by atoms with Crippen molar-refractivity contribution < 1.29 is 23.8 Å². The number of nitrogens with one attached hydrogen (secondary N) is 1. The van der Waals surface area contributed by atoms with Gasteiger partial charge in [0.1, 0.15) is 11.3 Å². The number of rotatable bonds is 8. The summed E-state index contributed by atoms with van der Waals surface area (Å²) in [5.74, 6) is -1.40. The second-order valence-corrected chi connectivity index (χ2v) is 6.54. The van der Waals surface area contributed by atoms with Gasteiger partial charge >= 0.3 is 11.6 Å². The second-order valence-electron chi connectivity index (χ2n) is 6.54. The summed E-state index contributed by atoms with van der Waals surface area (Å²) in [4.78, 5) is 35.4. The highest BCUT2D eigenvalue weighted by atomic mass is 16.5. The zero-order chi connectivity index (χ0) is 20.8. The van der Waals surface area contributed by atoms with E-state index in [0.29, 0.717) is 16.9 Å². The Hall–Kier alpha value is -3.61. The molecule has 0 aliphatic heterocycles. The number of fused-ring (bicyclic) bond motifs is 1. The molecule has 2 N–H and O–H groups in total. The van der Waals surface area contributed by atoms with Gasteiger partial charge in [0.25, 0.3) is 5.91 Å². The third-order valence-electron chi connectivity index (χ3n) is 4.38. The van der Waals surface area contributed by atoms with Crippen LogP contribution in [-0.4, -0.2) is 23.6 Å². The Kier molecular flexibility index (Phi) is 6.29. The third-order valence-corrected chi connectivity index (χ3v) is 4.38. The zero-order valence-electron chi connectivity index (χ0n) is 15.9. The van der Waals surface area contributed by atoms with E-state index in [4.69, 9.17) is 9.15 Å². The molecule has 3 rings (SSSR count). The summed E-state index contributed by atoms with van der Waals surface area (Å²) in [6.45, 7) is 1.65. The van der Waals surface area contributed by atoms with Crippen molar-refractivity contribution in [3.8, 4) is 5.75 Å². The van der Waals surface area contributed by atoms with Crippen LogP contribution in [0.5, 0.6) is 5.75 Å². The number of hydrogen-bond donors (Lipinski definition) is 2. The quantitative estimate of drug-likeness (QED) is 0.568. The van der Waals surface area contributed by atoms with Gasteiger partial charge in [-0.1, -0.05) is 43.7 Å². The second kappa shape index (κ2) is 9.05. The first-order chi connectivity index (χ1) is 14.0. The van der Waals surface area contributed by atoms with Gasteiger partial charge in [0.15, 0.2) is 12.6 Å². The minimum atomic E-state index is -1.17. The predicted octanol–water partition coefficient (Wildman–Crippen LogP) is 3.07. The molecule has 1 atom stereocenters. The van der Waals surface area contributed by atoms with Gasteiger partial charge in [0, 0.05) is 17.5 Å². The van der Waals surface area contributed by atoms with Crippen LogP contribution < -0.4 is 15.7 Å². The van der Waals surface area contributed by atoms with E-state index in [1.165, 1.54) is 6.07 Å². The lowest BCUT2D eigenvalue weighted by molar-refractivity contribution is -0.142. The highest BCUT2D eigenvalue weighted by Crippen LogP contribution is 2.23. The molecule has 1 amide bonds.